The summed E-state index contributed by atoms with van der Waals surface area (Å²) in [5.74, 6) is -0.782. The lowest BCUT2D eigenvalue weighted by molar-refractivity contribution is -0.934. The number of alkyl halides is 4. The molecule has 0 aromatic heterocycles. The zero-order valence-electron chi connectivity index (χ0n) is 8.44. The SMILES string of the molecule is O=C(CF)N[C@H]([NH+]1CCOCC1)C(Cl)(Cl)Cl. The van der Waals surface area contributed by atoms with Crippen molar-refractivity contribution in [3.05, 3.63) is 0 Å². The smallest absolute Gasteiger partial charge is 0.262 e. The lowest BCUT2D eigenvalue weighted by atomic mass is 10.3. The van der Waals surface area contributed by atoms with Crippen molar-refractivity contribution in [3.8, 4) is 0 Å². The number of quaternary nitrogens is 1. The molecule has 8 heteroatoms. The highest BCUT2D eigenvalue weighted by atomic mass is 35.6. The van der Waals surface area contributed by atoms with Crippen LogP contribution in [0, 0.1) is 0 Å². The first-order valence-corrected chi connectivity index (χ1v) is 5.93. The first-order valence-electron chi connectivity index (χ1n) is 4.79. The van der Waals surface area contributed by atoms with Crippen molar-refractivity contribution in [1.82, 2.24) is 5.32 Å². The van der Waals surface area contributed by atoms with Crippen molar-refractivity contribution < 1.29 is 18.8 Å². The van der Waals surface area contributed by atoms with Crippen LogP contribution in [0.3, 0.4) is 0 Å². The fraction of sp³-hybridized carbons (Fsp3) is 0.875. The summed E-state index contributed by atoms with van der Waals surface area (Å²) in [6.45, 7) is 1.13. The molecule has 16 heavy (non-hydrogen) atoms. The van der Waals surface area contributed by atoms with Gasteiger partial charge in [0.15, 0.2) is 6.67 Å². The Bertz CT molecular complexity index is 244. The van der Waals surface area contributed by atoms with Gasteiger partial charge >= 0.3 is 0 Å². The summed E-state index contributed by atoms with van der Waals surface area (Å²) in [5.41, 5.74) is 0. The fourth-order valence-corrected chi connectivity index (χ4v) is 2.16. The predicted molar refractivity (Wildman–Crippen MR) is 59.7 cm³/mol. The largest absolute Gasteiger partial charge is 0.370 e. The quantitative estimate of drug-likeness (QED) is 0.701. The third-order valence-corrected chi connectivity index (χ3v) is 2.95. The summed E-state index contributed by atoms with van der Waals surface area (Å²) in [6.07, 6.45) is -0.760. The predicted octanol–water partition coefficient (Wildman–Crippen LogP) is -0.317. The number of amides is 1. The minimum Gasteiger partial charge on any atom is -0.370 e. The zero-order valence-corrected chi connectivity index (χ0v) is 10.7. The second kappa shape index (κ2) is 6.21. The number of morpholine rings is 1. The Balaban J connectivity index is 2.66. The summed E-state index contributed by atoms with van der Waals surface area (Å²) in [6, 6.07) is 0. The number of ether oxygens (including phenoxy) is 1. The van der Waals surface area contributed by atoms with Gasteiger partial charge in [0.2, 0.25) is 6.17 Å². The molecule has 1 aliphatic heterocycles. The highest BCUT2D eigenvalue weighted by Gasteiger charge is 2.42. The Morgan fingerprint density at radius 1 is 1.44 bits per heavy atom. The van der Waals surface area contributed by atoms with Crippen LogP contribution < -0.4 is 10.2 Å². The molecule has 1 heterocycles. The van der Waals surface area contributed by atoms with Crippen LogP contribution in [0.15, 0.2) is 0 Å². The molecule has 1 fully saturated rings. The number of hydrogen-bond donors (Lipinski definition) is 2. The lowest BCUT2D eigenvalue weighted by Gasteiger charge is -2.34. The van der Waals surface area contributed by atoms with Crippen LogP contribution in [0.1, 0.15) is 0 Å². The van der Waals surface area contributed by atoms with Gasteiger partial charge in [0.25, 0.3) is 9.70 Å². The average Bonchev–Trinajstić information content (AvgIpc) is 2.25. The van der Waals surface area contributed by atoms with Gasteiger partial charge in [0, 0.05) is 0 Å². The number of hydrogen-bond acceptors (Lipinski definition) is 2. The second-order valence-corrected chi connectivity index (χ2v) is 5.82. The molecular formula is C8H13Cl3FN2O2+. The highest BCUT2D eigenvalue weighted by molar-refractivity contribution is 6.68. The molecule has 0 radical (unpaired) electrons. The Morgan fingerprint density at radius 3 is 2.44 bits per heavy atom. The van der Waals surface area contributed by atoms with Crippen LogP contribution in [-0.2, 0) is 9.53 Å². The number of carbonyl (C=O) groups is 1. The van der Waals surface area contributed by atoms with Gasteiger partial charge in [-0.25, -0.2) is 4.39 Å². The second-order valence-electron chi connectivity index (χ2n) is 3.45. The normalized spacial score (nSPS) is 20.5. The lowest BCUT2D eigenvalue weighted by Crippen LogP contribution is -3.21. The maximum Gasteiger partial charge on any atom is 0.262 e. The van der Waals surface area contributed by atoms with Crippen LogP contribution >= 0.6 is 34.8 Å². The molecule has 0 unspecified atom stereocenters. The van der Waals surface area contributed by atoms with Crippen molar-refractivity contribution in [3.63, 3.8) is 0 Å². The Labute approximate surface area is 108 Å². The Kier molecular flexibility index (Phi) is 5.53. The van der Waals surface area contributed by atoms with E-state index >= 15 is 0 Å². The summed E-state index contributed by atoms with van der Waals surface area (Å²) in [7, 11) is 0. The zero-order chi connectivity index (χ0) is 12.2. The molecule has 0 aromatic carbocycles. The van der Waals surface area contributed by atoms with Gasteiger partial charge in [0.1, 0.15) is 13.1 Å². The monoisotopic (exact) mass is 293 g/mol. The van der Waals surface area contributed by atoms with E-state index in [1.807, 2.05) is 0 Å². The molecule has 0 saturated carbocycles. The molecule has 1 aliphatic rings. The van der Waals surface area contributed by atoms with E-state index in [4.69, 9.17) is 39.5 Å². The van der Waals surface area contributed by atoms with E-state index in [2.05, 4.69) is 5.32 Å². The number of halogens is 4. The van der Waals surface area contributed by atoms with Gasteiger partial charge < -0.3 is 15.0 Å². The molecule has 0 aromatic rings. The van der Waals surface area contributed by atoms with Gasteiger partial charge in [-0.1, -0.05) is 34.8 Å². The van der Waals surface area contributed by atoms with E-state index in [1.165, 1.54) is 0 Å². The molecular weight excluding hydrogens is 281 g/mol. The maximum atomic E-state index is 12.1. The molecule has 0 bridgehead atoms. The van der Waals surface area contributed by atoms with Crippen molar-refractivity contribution in [1.29, 1.82) is 0 Å². The van der Waals surface area contributed by atoms with Crippen molar-refractivity contribution >= 4 is 40.7 Å². The first kappa shape index (κ1) is 14.3. The third kappa shape index (κ3) is 4.22. The van der Waals surface area contributed by atoms with Crippen LogP contribution in [-0.4, -0.2) is 48.8 Å². The van der Waals surface area contributed by atoms with Crippen LogP contribution in [0.5, 0.6) is 0 Å². The Hall–Kier alpha value is 0.190. The molecule has 1 amide bonds. The minimum absolute atomic E-state index is 0.526. The van der Waals surface area contributed by atoms with Crippen LogP contribution in [0.25, 0.3) is 0 Å². The summed E-state index contributed by atoms with van der Waals surface area (Å²) < 4.78 is 15.6. The maximum absolute atomic E-state index is 12.1. The van der Waals surface area contributed by atoms with E-state index in [9.17, 15) is 9.18 Å². The topological polar surface area (TPSA) is 42.8 Å². The number of carbonyl (C=O) groups excluding carboxylic acids is 1. The third-order valence-electron chi connectivity index (χ3n) is 2.30. The van der Waals surface area contributed by atoms with Gasteiger partial charge in [-0.05, 0) is 0 Å². The van der Waals surface area contributed by atoms with Crippen molar-refractivity contribution in [2.45, 2.75) is 9.96 Å². The molecule has 1 atom stereocenters. The standard InChI is InChI=1S/C8H12Cl3FN2O2/c9-8(10,11)7(13-6(15)5-12)14-1-3-16-4-2-14/h7H,1-5H2,(H,13,15)/p+1/t7-/m1/s1. The van der Waals surface area contributed by atoms with Gasteiger partial charge in [-0.2, -0.15) is 0 Å². The molecule has 1 saturated heterocycles. The molecule has 1 rings (SSSR count). The molecule has 4 nitrogen and oxygen atoms in total. The molecule has 0 spiro atoms. The van der Waals surface area contributed by atoms with Gasteiger partial charge in [-0.3, -0.25) is 4.79 Å². The molecule has 2 N–H and O–H groups in total. The number of nitrogens with one attached hydrogen (secondary N) is 2. The average molecular weight is 295 g/mol. The van der Waals surface area contributed by atoms with Crippen LogP contribution in [0.2, 0.25) is 0 Å². The Morgan fingerprint density at radius 2 is 2.00 bits per heavy atom. The van der Waals surface area contributed by atoms with Gasteiger partial charge in [-0.15, -0.1) is 0 Å². The molecule has 94 valence electrons. The molecule has 0 aliphatic carbocycles. The van der Waals surface area contributed by atoms with E-state index in [1.54, 1.807) is 0 Å². The van der Waals surface area contributed by atoms with E-state index in [0.717, 1.165) is 4.90 Å². The van der Waals surface area contributed by atoms with E-state index in [-0.39, 0.29) is 0 Å². The van der Waals surface area contributed by atoms with Crippen molar-refractivity contribution in [2.75, 3.05) is 33.0 Å². The first-order chi connectivity index (χ1) is 7.45. The fourth-order valence-electron chi connectivity index (χ4n) is 1.54. The number of rotatable bonds is 3. The summed E-state index contributed by atoms with van der Waals surface area (Å²) >= 11 is 17.3. The highest BCUT2D eigenvalue weighted by Crippen LogP contribution is 2.27. The van der Waals surface area contributed by atoms with Crippen molar-refractivity contribution in [2.24, 2.45) is 0 Å². The van der Waals surface area contributed by atoms with E-state index in [0.29, 0.717) is 26.3 Å². The van der Waals surface area contributed by atoms with Crippen LogP contribution in [0.4, 0.5) is 4.39 Å². The summed E-state index contributed by atoms with van der Waals surface area (Å²) in [4.78, 5) is 11.9. The van der Waals surface area contributed by atoms with E-state index < -0.39 is 22.5 Å². The summed E-state index contributed by atoms with van der Waals surface area (Å²) in [5, 5.41) is 2.37. The van der Waals surface area contributed by atoms with Gasteiger partial charge in [0.05, 0.1) is 13.2 Å². The minimum atomic E-state index is -1.67.